The van der Waals surface area contributed by atoms with E-state index in [-0.39, 0.29) is 18.1 Å². The fourth-order valence-corrected chi connectivity index (χ4v) is 5.54. The average molecular weight is 520 g/mol. The fourth-order valence-electron chi connectivity index (χ4n) is 5.23. The van der Waals surface area contributed by atoms with Crippen molar-refractivity contribution in [2.75, 3.05) is 11.9 Å². The Morgan fingerprint density at radius 1 is 1.39 bits per heavy atom. The SMILES string of the molecule is CC1(c2cc3nccc(N[C@@H]4C[C@H](COS(N)=O)[C@@H](O)[C@H]4O)n3n2)C=CC=C2C=C(C(F)F)C=CC21. The van der Waals surface area contributed by atoms with Crippen LogP contribution in [0.3, 0.4) is 0 Å². The van der Waals surface area contributed by atoms with E-state index in [1.54, 1.807) is 22.9 Å². The molecule has 0 aromatic carbocycles. The quantitative estimate of drug-likeness (QED) is 0.439. The molecule has 2 aromatic rings. The van der Waals surface area contributed by atoms with E-state index in [2.05, 4.69) is 10.3 Å². The Labute approximate surface area is 208 Å². The van der Waals surface area contributed by atoms with Gasteiger partial charge in [-0.15, -0.1) is 0 Å². The lowest BCUT2D eigenvalue weighted by molar-refractivity contribution is 0.00834. The van der Waals surface area contributed by atoms with Crippen LogP contribution in [0.25, 0.3) is 5.65 Å². The van der Waals surface area contributed by atoms with Crippen LogP contribution in [0, 0.1) is 11.8 Å². The number of aliphatic hydroxyl groups excluding tert-OH is 2. The number of hydrogen-bond acceptors (Lipinski definition) is 7. The summed E-state index contributed by atoms with van der Waals surface area (Å²) >= 11 is -1.96. The second-order valence-corrected chi connectivity index (χ2v) is 10.2. The summed E-state index contributed by atoms with van der Waals surface area (Å²) in [5.41, 5.74) is 1.45. The van der Waals surface area contributed by atoms with Gasteiger partial charge in [-0.3, -0.25) is 4.18 Å². The third-order valence-electron chi connectivity index (χ3n) is 7.25. The zero-order valence-corrected chi connectivity index (χ0v) is 20.2. The van der Waals surface area contributed by atoms with Crippen LogP contribution in [0.5, 0.6) is 0 Å². The molecule has 36 heavy (non-hydrogen) atoms. The second-order valence-electron chi connectivity index (χ2n) is 9.49. The number of fused-ring (bicyclic) bond motifs is 2. The molecule has 9 nitrogen and oxygen atoms in total. The van der Waals surface area contributed by atoms with Gasteiger partial charge in [0.2, 0.25) is 11.3 Å². The van der Waals surface area contributed by atoms with Crippen LogP contribution in [0.2, 0.25) is 0 Å². The van der Waals surface area contributed by atoms with E-state index in [1.807, 2.05) is 31.2 Å². The van der Waals surface area contributed by atoms with Crippen LogP contribution in [0.1, 0.15) is 19.0 Å². The molecule has 0 saturated heterocycles. The van der Waals surface area contributed by atoms with Crippen LogP contribution >= 0.6 is 0 Å². The zero-order valence-electron chi connectivity index (χ0n) is 19.4. The highest BCUT2D eigenvalue weighted by Crippen LogP contribution is 2.44. The lowest BCUT2D eigenvalue weighted by Crippen LogP contribution is -2.36. The average Bonchev–Trinajstić information content (AvgIpc) is 3.41. The molecule has 0 aliphatic heterocycles. The number of alkyl halides is 2. The van der Waals surface area contributed by atoms with Crippen molar-refractivity contribution < 1.29 is 27.4 Å². The number of halogens is 2. The minimum atomic E-state index is -2.54. The maximum Gasteiger partial charge on any atom is 0.263 e. The molecule has 5 rings (SSSR count). The molecule has 3 unspecified atom stereocenters. The summed E-state index contributed by atoms with van der Waals surface area (Å²) in [4.78, 5) is 4.41. The molecule has 12 heteroatoms. The van der Waals surface area contributed by atoms with E-state index >= 15 is 0 Å². The molecule has 3 aliphatic rings. The third kappa shape index (κ3) is 4.43. The molecule has 5 N–H and O–H groups in total. The lowest BCUT2D eigenvalue weighted by Gasteiger charge is -2.36. The van der Waals surface area contributed by atoms with Gasteiger partial charge in [0, 0.05) is 35.1 Å². The maximum absolute atomic E-state index is 13.2. The Morgan fingerprint density at radius 2 is 2.19 bits per heavy atom. The van der Waals surface area contributed by atoms with E-state index in [0.29, 0.717) is 23.6 Å². The van der Waals surface area contributed by atoms with Gasteiger partial charge in [-0.05, 0) is 31.1 Å². The van der Waals surface area contributed by atoms with Gasteiger partial charge in [0.1, 0.15) is 11.9 Å². The molecule has 3 aliphatic carbocycles. The molecular formula is C24H27F2N5O4S. The van der Waals surface area contributed by atoms with Gasteiger partial charge in [-0.1, -0.05) is 30.4 Å². The molecule has 2 heterocycles. The van der Waals surface area contributed by atoms with Gasteiger partial charge in [0.15, 0.2) is 5.65 Å². The minimum Gasteiger partial charge on any atom is -0.390 e. The fraction of sp³-hybridized carbons (Fsp3) is 0.417. The number of aliphatic hydroxyl groups is 2. The van der Waals surface area contributed by atoms with Crippen molar-refractivity contribution in [1.82, 2.24) is 14.6 Å². The smallest absolute Gasteiger partial charge is 0.263 e. The van der Waals surface area contributed by atoms with E-state index in [9.17, 15) is 23.2 Å². The van der Waals surface area contributed by atoms with Crippen molar-refractivity contribution in [2.24, 2.45) is 17.0 Å². The van der Waals surface area contributed by atoms with Gasteiger partial charge in [-0.25, -0.2) is 23.1 Å². The first-order valence-electron chi connectivity index (χ1n) is 11.5. The van der Waals surface area contributed by atoms with Crippen molar-refractivity contribution >= 4 is 22.7 Å². The van der Waals surface area contributed by atoms with Gasteiger partial charge >= 0.3 is 0 Å². The summed E-state index contributed by atoms with van der Waals surface area (Å²) in [5.74, 6) is -0.0621. The highest BCUT2D eigenvalue weighted by molar-refractivity contribution is 7.77. The highest BCUT2D eigenvalue weighted by atomic mass is 32.2. The van der Waals surface area contributed by atoms with Crippen molar-refractivity contribution in [3.05, 3.63) is 71.6 Å². The van der Waals surface area contributed by atoms with E-state index in [1.165, 1.54) is 12.2 Å². The van der Waals surface area contributed by atoms with Gasteiger partial charge in [-0.2, -0.15) is 9.61 Å². The van der Waals surface area contributed by atoms with Crippen LogP contribution < -0.4 is 10.5 Å². The Bertz CT molecular complexity index is 1310. The van der Waals surface area contributed by atoms with Crippen LogP contribution in [0.15, 0.2) is 65.9 Å². The molecular weight excluding hydrogens is 492 g/mol. The summed E-state index contributed by atoms with van der Waals surface area (Å²) < 4.78 is 44.1. The number of nitrogens with two attached hydrogens (primary N) is 1. The number of allylic oxidation sites excluding steroid dienone is 8. The molecule has 1 saturated carbocycles. The molecule has 192 valence electrons. The topological polar surface area (TPSA) is 135 Å². The number of nitrogens with one attached hydrogen (secondary N) is 1. The number of aromatic nitrogens is 3. The molecule has 2 aromatic heterocycles. The van der Waals surface area contributed by atoms with Crippen LogP contribution in [-0.2, 0) is 20.9 Å². The van der Waals surface area contributed by atoms with Crippen molar-refractivity contribution in [1.29, 1.82) is 0 Å². The number of hydrogen-bond donors (Lipinski definition) is 4. The monoisotopic (exact) mass is 519 g/mol. The summed E-state index contributed by atoms with van der Waals surface area (Å²) in [7, 11) is 0. The van der Waals surface area contributed by atoms with Gasteiger partial charge in [0.05, 0.1) is 24.4 Å². The summed E-state index contributed by atoms with van der Waals surface area (Å²) in [6.07, 6.45) is 7.77. The summed E-state index contributed by atoms with van der Waals surface area (Å²) in [6, 6.07) is 3.05. The standard InChI is InChI=1S/C24H27F2N5O4S/c1-24(7-2-3-13-9-14(23(25)26)4-5-16(13)24)18-11-20-28-8-6-19(31(20)30-18)29-17-10-15(12-35-36(27)34)21(32)22(17)33/h2-9,11,15-17,21-23,29,32-33H,10,12,27H2,1H3/t15-,16?,17-,21-,22+,24?,36?/m1/s1. The highest BCUT2D eigenvalue weighted by Gasteiger charge is 2.43. The first kappa shape index (κ1) is 24.9. The lowest BCUT2D eigenvalue weighted by atomic mass is 9.67. The Hall–Kier alpha value is -2.77. The van der Waals surface area contributed by atoms with Crippen molar-refractivity contribution in [2.45, 2.75) is 43.4 Å². The van der Waals surface area contributed by atoms with E-state index in [0.717, 1.165) is 5.57 Å². The number of nitrogens with zero attached hydrogens (tertiary/aromatic N) is 3. The first-order valence-corrected chi connectivity index (χ1v) is 12.7. The molecule has 7 atom stereocenters. The Morgan fingerprint density at radius 3 is 2.94 bits per heavy atom. The minimum absolute atomic E-state index is 0.0166. The van der Waals surface area contributed by atoms with E-state index in [4.69, 9.17) is 14.4 Å². The summed E-state index contributed by atoms with van der Waals surface area (Å²) in [5, 5.41) is 34.1. The molecule has 0 amide bonds. The number of rotatable bonds is 7. The molecule has 0 spiro atoms. The zero-order chi connectivity index (χ0) is 25.6. The second kappa shape index (κ2) is 9.60. The predicted molar refractivity (Wildman–Crippen MR) is 130 cm³/mol. The summed E-state index contributed by atoms with van der Waals surface area (Å²) in [6.45, 7) is 1.96. The van der Waals surface area contributed by atoms with Crippen LogP contribution in [-0.4, -0.2) is 60.3 Å². The van der Waals surface area contributed by atoms with Gasteiger partial charge in [0.25, 0.3) is 6.43 Å². The van der Waals surface area contributed by atoms with Gasteiger partial charge < -0.3 is 15.5 Å². The third-order valence-corrected chi connectivity index (χ3v) is 7.61. The molecule has 1 fully saturated rings. The Kier molecular flexibility index (Phi) is 6.64. The maximum atomic E-state index is 13.2. The Balaban J connectivity index is 1.41. The molecule has 0 radical (unpaired) electrons. The number of anilines is 1. The largest absolute Gasteiger partial charge is 0.390 e. The van der Waals surface area contributed by atoms with Crippen molar-refractivity contribution in [3.63, 3.8) is 0 Å². The first-order chi connectivity index (χ1) is 17.2. The molecule has 0 bridgehead atoms. The normalized spacial score (nSPS) is 32.5. The van der Waals surface area contributed by atoms with Crippen molar-refractivity contribution in [3.8, 4) is 0 Å². The predicted octanol–water partition coefficient (Wildman–Crippen LogP) is 1.94. The van der Waals surface area contributed by atoms with E-state index < -0.39 is 47.3 Å². The van der Waals surface area contributed by atoms with Crippen LogP contribution in [0.4, 0.5) is 14.6 Å².